The van der Waals surface area contributed by atoms with Crippen molar-refractivity contribution >= 4 is 28.0 Å². The van der Waals surface area contributed by atoms with Crippen molar-refractivity contribution in [1.29, 1.82) is 0 Å². The van der Waals surface area contributed by atoms with E-state index in [-0.39, 0.29) is 11.1 Å². The van der Waals surface area contributed by atoms with Crippen LogP contribution in [0.4, 0.5) is 0 Å². The summed E-state index contributed by atoms with van der Waals surface area (Å²) in [5.41, 5.74) is 0.644. The van der Waals surface area contributed by atoms with Gasteiger partial charge in [-0.25, -0.2) is 4.79 Å². The summed E-state index contributed by atoms with van der Waals surface area (Å²) < 4.78 is 6.97. The molecule has 1 aromatic carbocycles. The minimum Gasteiger partial charge on any atom is -0.477 e. The van der Waals surface area contributed by atoms with E-state index in [2.05, 4.69) is 0 Å². The van der Waals surface area contributed by atoms with Crippen molar-refractivity contribution < 1.29 is 14.3 Å². The van der Waals surface area contributed by atoms with Crippen LogP contribution in [0.2, 0.25) is 0 Å². The van der Waals surface area contributed by atoms with Crippen LogP contribution in [0.1, 0.15) is 10.4 Å². The van der Waals surface area contributed by atoms with E-state index in [1.54, 1.807) is 11.6 Å². The summed E-state index contributed by atoms with van der Waals surface area (Å²) in [5.74, 6) is -1.28. The monoisotopic (exact) mass is 243 g/mol. The summed E-state index contributed by atoms with van der Waals surface area (Å²) in [6.07, 6.45) is 0.999. The zero-order valence-corrected chi connectivity index (χ0v) is 9.51. The van der Waals surface area contributed by atoms with Gasteiger partial charge < -0.3 is 14.1 Å². The number of benzene rings is 1. The number of carbonyl (C=O) groups is 1. The molecule has 2 heterocycles. The normalized spacial score (nSPS) is 11.2. The summed E-state index contributed by atoms with van der Waals surface area (Å²) in [6, 6.07) is 7.38. The van der Waals surface area contributed by atoms with Gasteiger partial charge in [0.25, 0.3) is 0 Å². The van der Waals surface area contributed by atoms with Crippen molar-refractivity contribution in [2.24, 2.45) is 7.05 Å². The largest absolute Gasteiger partial charge is 0.477 e. The number of hydrogen-bond donors (Lipinski definition) is 1. The molecule has 5 heteroatoms. The van der Waals surface area contributed by atoms with Gasteiger partial charge in [0.1, 0.15) is 17.3 Å². The van der Waals surface area contributed by atoms with Gasteiger partial charge in [0.05, 0.1) is 5.52 Å². The van der Waals surface area contributed by atoms with E-state index >= 15 is 0 Å². The molecule has 0 saturated carbocycles. The standard InChI is InChI=1S/C13H9NO4/c1-14-9-5-3-2-4-7(9)12-10(14)11(15)8(6-18-12)13(16)17/h2-6H,1H3,(H,16,17). The minimum atomic E-state index is -1.28. The quantitative estimate of drug-likeness (QED) is 0.709. The Labute approximate surface area is 101 Å². The van der Waals surface area contributed by atoms with Gasteiger partial charge in [0, 0.05) is 12.4 Å². The van der Waals surface area contributed by atoms with Crippen molar-refractivity contribution in [1.82, 2.24) is 4.57 Å². The number of carboxylic acids is 1. The molecule has 1 N–H and O–H groups in total. The number of rotatable bonds is 1. The molecule has 0 bridgehead atoms. The number of carboxylic acid groups (broad SMARTS) is 1. The highest BCUT2D eigenvalue weighted by Crippen LogP contribution is 2.25. The van der Waals surface area contributed by atoms with Gasteiger partial charge in [-0.15, -0.1) is 0 Å². The van der Waals surface area contributed by atoms with Gasteiger partial charge in [-0.05, 0) is 12.1 Å². The van der Waals surface area contributed by atoms with Crippen LogP contribution < -0.4 is 5.43 Å². The van der Waals surface area contributed by atoms with Gasteiger partial charge >= 0.3 is 5.97 Å². The zero-order chi connectivity index (χ0) is 12.9. The Morgan fingerprint density at radius 1 is 1.33 bits per heavy atom. The van der Waals surface area contributed by atoms with Crippen molar-refractivity contribution in [2.75, 3.05) is 0 Å². The van der Waals surface area contributed by atoms with Crippen LogP contribution in [-0.4, -0.2) is 15.6 Å². The lowest BCUT2D eigenvalue weighted by atomic mass is 10.2. The number of aromatic carboxylic acids is 1. The Balaban J connectivity index is 2.61. The highest BCUT2D eigenvalue weighted by Gasteiger charge is 2.18. The lowest BCUT2D eigenvalue weighted by Crippen LogP contribution is -2.15. The van der Waals surface area contributed by atoms with Crippen molar-refractivity contribution in [3.05, 3.63) is 46.3 Å². The molecule has 5 nitrogen and oxygen atoms in total. The third-order valence-corrected chi connectivity index (χ3v) is 3.05. The van der Waals surface area contributed by atoms with Crippen molar-refractivity contribution in [2.45, 2.75) is 0 Å². The highest BCUT2D eigenvalue weighted by molar-refractivity contribution is 6.05. The summed E-state index contributed by atoms with van der Waals surface area (Å²) in [6.45, 7) is 0. The van der Waals surface area contributed by atoms with E-state index in [1.807, 2.05) is 24.3 Å². The molecule has 18 heavy (non-hydrogen) atoms. The number of fused-ring (bicyclic) bond motifs is 3. The van der Waals surface area contributed by atoms with Crippen LogP contribution in [0.25, 0.3) is 22.0 Å². The predicted molar refractivity (Wildman–Crippen MR) is 65.9 cm³/mol. The van der Waals surface area contributed by atoms with Crippen LogP contribution in [0.15, 0.2) is 39.7 Å². The Bertz CT molecular complexity index is 841. The van der Waals surface area contributed by atoms with Gasteiger partial charge in [-0.3, -0.25) is 4.79 Å². The second-order valence-corrected chi connectivity index (χ2v) is 4.04. The maximum absolute atomic E-state index is 12.1. The van der Waals surface area contributed by atoms with Crippen LogP contribution in [0.3, 0.4) is 0 Å². The third kappa shape index (κ3) is 1.21. The summed E-state index contributed by atoms with van der Waals surface area (Å²) in [5, 5.41) is 9.72. The molecule has 3 aromatic rings. The lowest BCUT2D eigenvalue weighted by Gasteiger charge is -1.97. The Morgan fingerprint density at radius 3 is 2.78 bits per heavy atom. The van der Waals surface area contributed by atoms with E-state index in [0.29, 0.717) is 5.58 Å². The molecule has 0 amide bonds. The molecule has 2 aromatic heterocycles. The molecule has 3 rings (SSSR count). The van der Waals surface area contributed by atoms with Crippen LogP contribution >= 0.6 is 0 Å². The fraction of sp³-hybridized carbons (Fsp3) is 0.0769. The molecular weight excluding hydrogens is 234 g/mol. The average Bonchev–Trinajstić information content (AvgIpc) is 2.65. The first-order chi connectivity index (χ1) is 8.61. The Morgan fingerprint density at radius 2 is 2.06 bits per heavy atom. The number of nitrogens with zero attached hydrogens (tertiary/aromatic N) is 1. The maximum atomic E-state index is 12.1. The first-order valence-corrected chi connectivity index (χ1v) is 5.33. The minimum absolute atomic E-state index is 0.274. The van der Waals surface area contributed by atoms with Gasteiger partial charge in [-0.1, -0.05) is 12.1 Å². The van der Waals surface area contributed by atoms with Crippen molar-refractivity contribution in [3.63, 3.8) is 0 Å². The van der Waals surface area contributed by atoms with E-state index in [9.17, 15) is 9.59 Å². The van der Waals surface area contributed by atoms with Gasteiger partial charge in [0.2, 0.25) is 5.43 Å². The summed E-state index contributed by atoms with van der Waals surface area (Å²) >= 11 is 0. The Kier molecular flexibility index (Phi) is 2.04. The summed E-state index contributed by atoms with van der Waals surface area (Å²) in [4.78, 5) is 23.0. The maximum Gasteiger partial charge on any atom is 0.342 e. The van der Waals surface area contributed by atoms with Crippen LogP contribution in [0.5, 0.6) is 0 Å². The zero-order valence-electron chi connectivity index (χ0n) is 9.51. The molecule has 0 atom stereocenters. The number of hydrogen-bond acceptors (Lipinski definition) is 3. The topological polar surface area (TPSA) is 72.4 Å². The highest BCUT2D eigenvalue weighted by atomic mass is 16.4. The second kappa shape index (κ2) is 3.46. The van der Waals surface area contributed by atoms with Crippen molar-refractivity contribution in [3.8, 4) is 0 Å². The number of aromatic nitrogens is 1. The Hall–Kier alpha value is -2.56. The number of aryl methyl sites for hydroxylation is 1. The molecule has 0 unspecified atom stereocenters. The van der Waals surface area contributed by atoms with E-state index in [0.717, 1.165) is 17.2 Å². The summed E-state index contributed by atoms with van der Waals surface area (Å²) in [7, 11) is 1.72. The molecular formula is C13H9NO4. The molecule has 0 aliphatic carbocycles. The molecule has 0 aliphatic rings. The second-order valence-electron chi connectivity index (χ2n) is 4.04. The fourth-order valence-electron chi connectivity index (χ4n) is 2.18. The van der Waals surface area contributed by atoms with Crippen LogP contribution in [-0.2, 0) is 7.05 Å². The first kappa shape index (κ1) is 10.6. The molecule has 0 fully saturated rings. The molecule has 0 saturated heterocycles. The smallest absolute Gasteiger partial charge is 0.342 e. The van der Waals surface area contributed by atoms with Gasteiger partial charge in [-0.2, -0.15) is 0 Å². The average molecular weight is 243 g/mol. The lowest BCUT2D eigenvalue weighted by molar-refractivity contribution is 0.0693. The predicted octanol–water partition coefficient (Wildman–Crippen LogP) is 1.98. The van der Waals surface area contributed by atoms with E-state index < -0.39 is 11.4 Å². The molecule has 0 spiro atoms. The molecule has 90 valence electrons. The van der Waals surface area contributed by atoms with Crippen LogP contribution in [0, 0.1) is 0 Å². The fourth-order valence-corrected chi connectivity index (χ4v) is 2.18. The van der Waals surface area contributed by atoms with Gasteiger partial charge in [0.15, 0.2) is 5.58 Å². The van der Waals surface area contributed by atoms with E-state index in [1.165, 1.54) is 0 Å². The molecule has 0 radical (unpaired) electrons. The SMILES string of the molecule is Cn1c2ccccc2c2occ(C(=O)O)c(=O)c21. The third-order valence-electron chi connectivity index (χ3n) is 3.05. The number of para-hydroxylation sites is 1. The first-order valence-electron chi connectivity index (χ1n) is 5.33. The van der Waals surface area contributed by atoms with E-state index in [4.69, 9.17) is 9.52 Å². The molecule has 0 aliphatic heterocycles.